The Kier molecular flexibility index (Phi) is 6.34. The SMILES string of the molecule is Cc1ccc(Cn2cc(CCC(=O)NCc3ccccc3Br)c3ccccc32)cc1. The Balaban J connectivity index is 1.44. The predicted molar refractivity (Wildman–Crippen MR) is 127 cm³/mol. The minimum absolute atomic E-state index is 0.0705. The summed E-state index contributed by atoms with van der Waals surface area (Å²) in [4.78, 5) is 12.4. The van der Waals surface area contributed by atoms with Crippen LogP contribution in [0.15, 0.2) is 83.5 Å². The molecular formula is C26H25BrN2O. The summed E-state index contributed by atoms with van der Waals surface area (Å²) in [5, 5.41) is 4.26. The van der Waals surface area contributed by atoms with Crippen molar-refractivity contribution < 1.29 is 4.79 Å². The van der Waals surface area contributed by atoms with E-state index in [1.807, 2.05) is 24.3 Å². The van der Waals surface area contributed by atoms with E-state index in [0.717, 1.165) is 23.0 Å². The molecule has 0 saturated carbocycles. The Bertz CT molecular complexity index is 1160. The van der Waals surface area contributed by atoms with Crippen molar-refractivity contribution in [2.24, 2.45) is 0 Å². The van der Waals surface area contributed by atoms with Gasteiger partial charge in [-0.25, -0.2) is 0 Å². The molecule has 30 heavy (non-hydrogen) atoms. The summed E-state index contributed by atoms with van der Waals surface area (Å²) < 4.78 is 3.30. The van der Waals surface area contributed by atoms with E-state index < -0.39 is 0 Å². The number of carbonyl (C=O) groups excluding carboxylic acids is 1. The van der Waals surface area contributed by atoms with Crippen LogP contribution in [-0.2, 0) is 24.3 Å². The molecular weight excluding hydrogens is 436 g/mol. The highest BCUT2D eigenvalue weighted by atomic mass is 79.9. The quantitative estimate of drug-likeness (QED) is 0.359. The molecule has 3 aromatic carbocycles. The van der Waals surface area contributed by atoms with E-state index in [0.29, 0.717) is 13.0 Å². The van der Waals surface area contributed by atoms with E-state index in [-0.39, 0.29) is 5.91 Å². The van der Waals surface area contributed by atoms with E-state index in [4.69, 9.17) is 0 Å². The molecule has 0 unspecified atom stereocenters. The highest BCUT2D eigenvalue weighted by molar-refractivity contribution is 9.10. The van der Waals surface area contributed by atoms with Gasteiger partial charge in [-0.2, -0.15) is 0 Å². The molecule has 0 aliphatic heterocycles. The van der Waals surface area contributed by atoms with Crippen LogP contribution in [0, 0.1) is 6.92 Å². The first-order chi connectivity index (χ1) is 14.6. The van der Waals surface area contributed by atoms with Crippen molar-refractivity contribution >= 4 is 32.7 Å². The van der Waals surface area contributed by atoms with Crippen LogP contribution in [0.1, 0.15) is 28.7 Å². The van der Waals surface area contributed by atoms with Gasteiger partial charge in [-0.3, -0.25) is 4.79 Å². The summed E-state index contributed by atoms with van der Waals surface area (Å²) in [6.45, 7) is 3.47. The van der Waals surface area contributed by atoms with Crippen LogP contribution in [0.4, 0.5) is 0 Å². The first-order valence-corrected chi connectivity index (χ1v) is 11.0. The number of fused-ring (bicyclic) bond motifs is 1. The third-order valence-corrected chi connectivity index (χ3v) is 6.17. The third-order valence-electron chi connectivity index (χ3n) is 5.40. The summed E-state index contributed by atoms with van der Waals surface area (Å²) in [5.74, 6) is 0.0705. The number of halogens is 1. The number of hydrogen-bond acceptors (Lipinski definition) is 1. The standard InChI is InChI=1S/C26H25BrN2O/c1-19-10-12-20(13-11-19)17-29-18-22(23-7-3-5-9-25(23)29)14-15-26(30)28-16-21-6-2-4-8-24(21)27/h2-13,18H,14-17H2,1H3,(H,28,30). The molecule has 4 rings (SSSR count). The summed E-state index contributed by atoms with van der Waals surface area (Å²) in [6, 6.07) is 25.1. The Labute approximate surface area is 185 Å². The summed E-state index contributed by atoms with van der Waals surface area (Å²) in [6.07, 6.45) is 3.40. The molecule has 0 bridgehead atoms. The lowest BCUT2D eigenvalue weighted by atomic mass is 10.1. The highest BCUT2D eigenvalue weighted by Crippen LogP contribution is 2.24. The fourth-order valence-electron chi connectivity index (χ4n) is 3.72. The maximum Gasteiger partial charge on any atom is 0.220 e. The number of aryl methyl sites for hydroxylation is 2. The average Bonchev–Trinajstić information content (AvgIpc) is 3.11. The molecule has 3 nitrogen and oxygen atoms in total. The van der Waals surface area contributed by atoms with Crippen LogP contribution in [-0.4, -0.2) is 10.5 Å². The zero-order valence-electron chi connectivity index (χ0n) is 17.1. The average molecular weight is 461 g/mol. The molecule has 0 radical (unpaired) electrons. The first-order valence-electron chi connectivity index (χ1n) is 10.2. The van der Waals surface area contributed by atoms with E-state index in [1.54, 1.807) is 0 Å². The second-order valence-corrected chi connectivity index (χ2v) is 8.51. The van der Waals surface area contributed by atoms with Crippen molar-refractivity contribution in [3.63, 3.8) is 0 Å². The molecule has 0 fully saturated rings. The second-order valence-electron chi connectivity index (χ2n) is 7.65. The summed E-state index contributed by atoms with van der Waals surface area (Å²) in [5.41, 5.74) is 6.06. The Morgan fingerprint density at radius 1 is 0.933 bits per heavy atom. The number of rotatable bonds is 7. The van der Waals surface area contributed by atoms with Gasteiger partial charge in [-0.05, 0) is 42.2 Å². The van der Waals surface area contributed by atoms with Gasteiger partial charge in [0.15, 0.2) is 0 Å². The van der Waals surface area contributed by atoms with Crippen LogP contribution < -0.4 is 5.32 Å². The lowest BCUT2D eigenvalue weighted by Gasteiger charge is -2.07. The summed E-state index contributed by atoms with van der Waals surface area (Å²) in [7, 11) is 0. The number of para-hydroxylation sites is 1. The smallest absolute Gasteiger partial charge is 0.220 e. The van der Waals surface area contributed by atoms with Crippen molar-refractivity contribution in [3.8, 4) is 0 Å². The third kappa shape index (κ3) is 4.82. The van der Waals surface area contributed by atoms with E-state index >= 15 is 0 Å². The van der Waals surface area contributed by atoms with E-state index in [2.05, 4.69) is 87.5 Å². The highest BCUT2D eigenvalue weighted by Gasteiger charge is 2.11. The molecule has 1 N–H and O–H groups in total. The van der Waals surface area contributed by atoms with Gasteiger partial charge in [0.1, 0.15) is 0 Å². The van der Waals surface area contributed by atoms with Crippen molar-refractivity contribution in [2.75, 3.05) is 0 Å². The molecule has 0 aliphatic carbocycles. The minimum Gasteiger partial charge on any atom is -0.352 e. The molecule has 0 aliphatic rings. The van der Waals surface area contributed by atoms with Crippen molar-refractivity contribution in [2.45, 2.75) is 32.9 Å². The molecule has 4 heteroatoms. The van der Waals surface area contributed by atoms with Crippen LogP contribution in [0.3, 0.4) is 0 Å². The van der Waals surface area contributed by atoms with Crippen molar-refractivity contribution in [1.82, 2.24) is 9.88 Å². The molecule has 1 heterocycles. The van der Waals surface area contributed by atoms with Gasteiger partial charge in [0.25, 0.3) is 0 Å². The summed E-state index contributed by atoms with van der Waals surface area (Å²) >= 11 is 3.53. The normalized spacial score (nSPS) is 11.0. The number of nitrogens with zero attached hydrogens (tertiary/aromatic N) is 1. The molecule has 0 saturated heterocycles. The maximum absolute atomic E-state index is 12.4. The number of amides is 1. The molecule has 0 atom stereocenters. The topological polar surface area (TPSA) is 34.0 Å². The van der Waals surface area contributed by atoms with Crippen LogP contribution in [0.25, 0.3) is 10.9 Å². The molecule has 0 spiro atoms. The van der Waals surface area contributed by atoms with Crippen LogP contribution >= 0.6 is 15.9 Å². The van der Waals surface area contributed by atoms with E-state index in [1.165, 1.54) is 27.6 Å². The van der Waals surface area contributed by atoms with Gasteiger partial charge < -0.3 is 9.88 Å². The van der Waals surface area contributed by atoms with Gasteiger partial charge in [-0.1, -0.05) is 82.2 Å². The lowest BCUT2D eigenvalue weighted by Crippen LogP contribution is -2.23. The molecule has 152 valence electrons. The van der Waals surface area contributed by atoms with Gasteiger partial charge in [0.05, 0.1) is 0 Å². The Hall–Kier alpha value is -2.85. The number of nitrogens with one attached hydrogen (secondary N) is 1. The monoisotopic (exact) mass is 460 g/mol. The number of aromatic nitrogens is 1. The second kappa shape index (κ2) is 9.31. The zero-order valence-corrected chi connectivity index (χ0v) is 18.7. The van der Waals surface area contributed by atoms with Gasteiger partial charge in [-0.15, -0.1) is 0 Å². The van der Waals surface area contributed by atoms with Crippen molar-refractivity contribution in [3.05, 3.63) is 106 Å². The number of carbonyl (C=O) groups is 1. The first kappa shape index (κ1) is 20.4. The van der Waals surface area contributed by atoms with Gasteiger partial charge in [0.2, 0.25) is 5.91 Å². The predicted octanol–water partition coefficient (Wildman–Crippen LogP) is 6.01. The van der Waals surface area contributed by atoms with Gasteiger partial charge >= 0.3 is 0 Å². The zero-order chi connectivity index (χ0) is 20.9. The van der Waals surface area contributed by atoms with Crippen molar-refractivity contribution in [1.29, 1.82) is 0 Å². The number of hydrogen-bond donors (Lipinski definition) is 1. The molecule has 1 aromatic heterocycles. The lowest BCUT2D eigenvalue weighted by molar-refractivity contribution is -0.121. The number of benzene rings is 3. The Morgan fingerprint density at radius 3 is 2.47 bits per heavy atom. The fourth-order valence-corrected chi connectivity index (χ4v) is 4.14. The largest absolute Gasteiger partial charge is 0.352 e. The Morgan fingerprint density at radius 2 is 1.67 bits per heavy atom. The fraction of sp³-hybridized carbons (Fsp3) is 0.192. The van der Waals surface area contributed by atoms with Crippen LogP contribution in [0.2, 0.25) is 0 Å². The molecule has 4 aromatic rings. The van der Waals surface area contributed by atoms with E-state index in [9.17, 15) is 4.79 Å². The van der Waals surface area contributed by atoms with Gasteiger partial charge in [0, 0.05) is 41.1 Å². The maximum atomic E-state index is 12.4. The van der Waals surface area contributed by atoms with Crippen LogP contribution in [0.5, 0.6) is 0 Å². The molecule has 1 amide bonds. The minimum atomic E-state index is 0.0705.